The summed E-state index contributed by atoms with van der Waals surface area (Å²) in [6.07, 6.45) is 14.0. The summed E-state index contributed by atoms with van der Waals surface area (Å²) in [5, 5.41) is 0. The maximum absolute atomic E-state index is 10.3. The SMILES string of the molecule is C=CCCCCCCCC.C=COC(=O)CCC. The molecule has 0 radical (unpaired) electrons. The van der Waals surface area contributed by atoms with Gasteiger partial charge in [-0.15, -0.1) is 6.58 Å². The lowest BCUT2D eigenvalue weighted by Crippen LogP contribution is -1.96. The third-order valence-electron chi connectivity index (χ3n) is 2.43. The van der Waals surface area contributed by atoms with E-state index in [1.807, 2.05) is 13.0 Å². The Morgan fingerprint density at radius 1 is 1.00 bits per heavy atom. The monoisotopic (exact) mass is 254 g/mol. The van der Waals surface area contributed by atoms with Gasteiger partial charge in [0.2, 0.25) is 0 Å². The quantitative estimate of drug-likeness (QED) is 0.226. The summed E-state index contributed by atoms with van der Waals surface area (Å²) in [7, 11) is 0. The fourth-order valence-electron chi connectivity index (χ4n) is 1.43. The summed E-state index contributed by atoms with van der Waals surface area (Å²) in [5.41, 5.74) is 0. The molecule has 0 atom stereocenters. The van der Waals surface area contributed by atoms with Crippen molar-refractivity contribution in [3.05, 3.63) is 25.5 Å². The van der Waals surface area contributed by atoms with Crippen molar-refractivity contribution in [2.24, 2.45) is 0 Å². The second-order valence-corrected chi connectivity index (χ2v) is 4.25. The first-order chi connectivity index (χ1) is 8.72. The highest BCUT2D eigenvalue weighted by Crippen LogP contribution is 2.06. The summed E-state index contributed by atoms with van der Waals surface area (Å²) < 4.78 is 4.41. The zero-order chi connectivity index (χ0) is 14.1. The van der Waals surface area contributed by atoms with Gasteiger partial charge in [-0.1, -0.05) is 58.6 Å². The molecule has 0 N–H and O–H groups in total. The topological polar surface area (TPSA) is 26.3 Å². The fourth-order valence-corrected chi connectivity index (χ4v) is 1.43. The van der Waals surface area contributed by atoms with Crippen LogP contribution < -0.4 is 0 Å². The average molecular weight is 254 g/mol. The maximum Gasteiger partial charge on any atom is 0.310 e. The number of hydrogen-bond acceptors (Lipinski definition) is 2. The van der Waals surface area contributed by atoms with E-state index in [0.29, 0.717) is 6.42 Å². The lowest BCUT2D eigenvalue weighted by Gasteiger charge is -1.96. The molecule has 0 amide bonds. The number of allylic oxidation sites excluding steroid dienone is 1. The second kappa shape index (κ2) is 18.3. The number of ether oxygens (including phenoxy) is 1. The van der Waals surface area contributed by atoms with E-state index in [1.165, 1.54) is 44.9 Å². The first-order valence-corrected chi connectivity index (χ1v) is 7.14. The number of carbonyl (C=O) groups excluding carboxylic acids is 1. The van der Waals surface area contributed by atoms with Crippen molar-refractivity contribution in [3.8, 4) is 0 Å². The van der Waals surface area contributed by atoms with Crippen molar-refractivity contribution in [2.75, 3.05) is 0 Å². The lowest BCUT2D eigenvalue weighted by atomic mass is 10.1. The van der Waals surface area contributed by atoms with Crippen molar-refractivity contribution < 1.29 is 9.53 Å². The number of carbonyl (C=O) groups is 1. The summed E-state index contributed by atoms with van der Waals surface area (Å²) in [6, 6.07) is 0. The van der Waals surface area contributed by atoms with Crippen LogP contribution in [0.25, 0.3) is 0 Å². The highest BCUT2D eigenvalue weighted by molar-refractivity contribution is 5.69. The maximum atomic E-state index is 10.3. The van der Waals surface area contributed by atoms with E-state index >= 15 is 0 Å². The van der Waals surface area contributed by atoms with Crippen LogP contribution in [0.15, 0.2) is 25.5 Å². The number of esters is 1. The largest absolute Gasteiger partial charge is 0.435 e. The predicted molar refractivity (Wildman–Crippen MR) is 79.4 cm³/mol. The van der Waals surface area contributed by atoms with Crippen molar-refractivity contribution in [3.63, 3.8) is 0 Å². The molecule has 106 valence electrons. The molecular weight excluding hydrogens is 224 g/mol. The van der Waals surface area contributed by atoms with Gasteiger partial charge in [-0.05, 0) is 19.3 Å². The van der Waals surface area contributed by atoms with Gasteiger partial charge < -0.3 is 4.74 Å². The highest BCUT2D eigenvalue weighted by atomic mass is 16.5. The zero-order valence-electron chi connectivity index (χ0n) is 12.2. The van der Waals surface area contributed by atoms with Gasteiger partial charge in [0.25, 0.3) is 0 Å². The Hall–Kier alpha value is -1.05. The Balaban J connectivity index is 0. The molecule has 0 aliphatic rings. The Kier molecular flexibility index (Phi) is 19.6. The number of rotatable bonds is 10. The van der Waals surface area contributed by atoms with Crippen molar-refractivity contribution in [1.29, 1.82) is 0 Å². The summed E-state index contributed by atoms with van der Waals surface area (Å²) in [6.45, 7) is 11.1. The molecule has 0 spiro atoms. The molecular formula is C16H30O2. The van der Waals surface area contributed by atoms with Gasteiger partial charge in [0.05, 0.1) is 6.26 Å². The smallest absolute Gasteiger partial charge is 0.310 e. The molecule has 0 aromatic heterocycles. The molecule has 0 unspecified atom stereocenters. The van der Waals surface area contributed by atoms with Crippen LogP contribution in [0.3, 0.4) is 0 Å². The summed E-state index contributed by atoms with van der Waals surface area (Å²) in [5.74, 6) is -0.206. The predicted octanol–water partition coefficient (Wildman–Crippen LogP) is 5.40. The first-order valence-electron chi connectivity index (χ1n) is 7.14. The van der Waals surface area contributed by atoms with E-state index in [-0.39, 0.29) is 5.97 Å². The third kappa shape index (κ3) is 20.4. The van der Waals surface area contributed by atoms with E-state index in [9.17, 15) is 4.79 Å². The van der Waals surface area contributed by atoms with Gasteiger partial charge >= 0.3 is 5.97 Å². The van der Waals surface area contributed by atoms with Crippen LogP contribution >= 0.6 is 0 Å². The first kappa shape index (κ1) is 19.3. The van der Waals surface area contributed by atoms with Crippen LogP contribution in [0.4, 0.5) is 0 Å². The van der Waals surface area contributed by atoms with Crippen LogP contribution in [0.1, 0.15) is 71.6 Å². The van der Waals surface area contributed by atoms with E-state index in [4.69, 9.17) is 0 Å². The van der Waals surface area contributed by atoms with Crippen molar-refractivity contribution in [2.45, 2.75) is 71.6 Å². The van der Waals surface area contributed by atoms with Gasteiger partial charge in [0.1, 0.15) is 0 Å². The minimum Gasteiger partial charge on any atom is -0.435 e. The van der Waals surface area contributed by atoms with E-state index < -0.39 is 0 Å². The number of unbranched alkanes of at least 4 members (excludes halogenated alkanes) is 6. The standard InChI is InChI=1S/C10H20.C6H10O2/c1-3-5-7-9-10-8-6-4-2;1-3-5-6(7)8-4-2/h3H,1,4-10H2,2H3;4H,2-3,5H2,1H3. The van der Waals surface area contributed by atoms with Crippen molar-refractivity contribution in [1.82, 2.24) is 0 Å². The van der Waals surface area contributed by atoms with Crippen LogP contribution in [0.2, 0.25) is 0 Å². The molecule has 0 heterocycles. The van der Waals surface area contributed by atoms with Gasteiger partial charge in [-0.3, -0.25) is 4.79 Å². The van der Waals surface area contributed by atoms with E-state index in [2.05, 4.69) is 24.8 Å². The van der Waals surface area contributed by atoms with Crippen molar-refractivity contribution >= 4 is 5.97 Å². The molecule has 0 fully saturated rings. The highest BCUT2D eigenvalue weighted by Gasteiger charge is 1.94. The molecule has 0 bridgehead atoms. The average Bonchev–Trinajstić information content (AvgIpc) is 2.35. The molecule has 0 aliphatic carbocycles. The minimum absolute atomic E-state index is 0.206. The fraction of sp³-hybridized carbons (Fsp3) is 0.688. The van der Waals surface area contributed by atoms with Crippen LogP contribution in [-0.2, 0) is 9.53 Å². The second-order valence-electron chi connectivity index (χ2n) is 4.25. The number of hydrogen-bond donors (Lipinski definition) is 0. The van der Waals surface area contributed by atoms with Gasteiger partial charge in [0, 0.05) is 6.42 Å². The zero-order valence-corrected chi connectivity index (χ0v) is 12.2. The normalized spacial score (nSPS) is 9.00. The molecule has 0 aromatic rings. The summed E-state index contributed by atoms with van der Waals surface area (Å²) >= 11 is 0. The van der Waals surface area contributed by atoms with Gasteiger partial charge in [-0.2, -0.15) is 0 Å². The van der Waals surface area contributed by atoms with Gasteiger partial charge in [0.15, 0.2) is 0 Å². The van der Waals surface area contributed by atoms with Crippen LogP contribution in [0.5, 0.6) is 0 Å². The molecule has 18 heavy (non-hydrogen) atoms. The molecule has 2 nitrogen and oxygen atoms in total. The molecule has 0 saturated carbocycles. The Labute approximate surface area is 113 Å². The molecule has 0 saturated heterocycles. The summed E-state index contributed by atoms with van der Waals surface area (Å²) in [4.78, 5) is 10.3. The Bertz CT molecular complexity index is 197. The minimum atomic E-state index is -0.206. The molecule has 2 heteroatoms. The lowest BCUT2D eigenvalue weighted by molar-refractivity contribution is -0.137. The Morgan fingerprint density at radius 3 is 2.11 bits per heavy atom. The van der Waals surface area contributed by atoms with Crippen LogP contribution in [-0.4, -0.2) is 5.97 Å². The Morgan fingerprint density at radius 2 is 1.61 bits per heavy atom. The van der Waals surface area contributed by atoms with Crippen LogP contribution in [0, 0.1) is 0 Å². The molecule has 0 rings (SSSR count). The molecule has 0 aliphatic heterocycles. The van der Waals surface area contributed by atoms with E-state index in [0.717, 1.165) is 12.7 Å². The third-order valence-corrected chi connectivity index (χ3v) is 2.43. The molecule has 0 aromatic carbocycles. The van der Waals surface area contributed by atoms with Gasteiger partial charge in [-0.25, -0.2) is 0 Å². The van der Waals surface area contributed by atoms with E-state index in [1.54, 1.807) is 0 Å².